The van der Waals surface area contributed by atoms with Gasteiger partial charge in [-0.15, -0.1) is 0 Å². The molecule has 2 aromatic carbocycles. The topological polar surface area (TPSA) is 33.1 Å². The first-order chi connectivity index (χ1) is 11.7. The Bertz CT molecular complexity index is 862. The number of aryl methyl sites for hydroxylation is 1. The summed E-state index contributed by atoms with van der Waals surface area (Å²) in [5, 5.41) is 11.4. The van der Waals surface area contributed by atoms with Crippen LogP contribution in [0.1, 0.15) is 22.4 Å². The second-order valence-corrected chi connectivity index (χ2v) is 5.80. The molecule has 0 saturated carbocycles. The minimum absolute atomic E-state index is 0.429. The van der Waals surface area contributed by atoms with Gasteiger partial charge in [0, 0.05) is 12.6 Å². The van der Waals surface area contributed by atoms with E-state index in [0.717, 1.165) is 16.7 Å². The van der Waals surface area contributed by atoms with Gasteiger partial charge < -0.3 is 5.11 Å². The van der Waals surface area contributed by atoms with E-state index < -0.39 is 5.60 Å². The van der Waals surface area contributed by atoms with Gasteiger partial charge in [0.2, 0.25) is 0 Å². The average molecular weight is 313 g/mol. The first-order valence-corrected chi connectivity index (χ1v) is 7.94. The molecule has 1 N–H and O–H groups in total. The molecular weight excluding hydrogens is 294 g/mol. The summed E-state index contributed by atoms with van der Waals surface area (Å²) in [7, 11) is 0. The Morgan fingerprint density at radius 2 is 1.62 bits per heavy atom. The molecule has 0 fully saturated rings. The van der Waals surface area contributed by atoms with Gasteiger partial charge in [0.1, 0.15) is 5.69 Å². The molecule has 3 aromatic rings. The molecule has 0 aliphatic rings. The standard InChI is InChI=1S/C22H19NO/c1-18-9-5-6-13-21(18)22(24,17-19-10-3-2-4-11-19)15-14-20-12-7-8-16-23-20/h2-13,16,24H,17H2,1H3. The van der Waals surface area contributed by atoms with Gasteiger partial charge in [-0.25, -0.2) is 4.98 Å². The van der Waals surface area contributed by atoms with Crippen LogP contribution < -0.4 is 0 Å². The van der Waals surface area contributed by atoms with Crippen LogP contribution in [0.5, 0.6) is 0 Å². The monoisotopic (exact) mass is 313 g/mol. The van der Waals surface area contributed by atoms with Gasteiger partial charge in [0.25, 0.3) is 0 Å². The van der Waals surface area contributed by atoms with E-state index >= 15 is 0 Å². The van der Waals surface area contributed by atoms with Crippen molar-refractivity contribution in [3.05, 3.63) is 101 Å². The second-order valence-electron chi connectivity index (χ2n) is 5.80. The van der Waals surface area contributed by atoms with Gasteiger partial charge in [0.05, 0.1) is 0 Å². The van der Waals surface area contributed by atoms with Crippen LogP contribution in [-0.2, 0) is 12.0 Å². The van der Waals surface area contributed by atoms with Crippen LogP contribution in [0.3, 0.4) is 0 Å². The van der Waals surface area contributed by atoms with E-state index in [2.05, 4.69) is 16.8 Å². The summed E-state index contributed by atoms with van der Waals surface area (Å²) in [6.07, 6.45) is 2.13. The fraction of sp³-hybridized carbons (Fsp3) is 0.136. The van der Waals surface area contributed by atoms with E-state index in [1.54, 1.807) is 6.20 Å². The van der Waals surface area contributed by atoms with Crippen molar-refractivity contribution < 1.29 is 5.11 Å². The number of aromatic nitrogens is 1. The summed E-state index contributed by atoms with van der Waals surface area (Å²) < 4.78 is 0. The Hall–Kier alpha value is -2.89. The maximum Gasteiger partial charge on any atom is 0.155 e. The van der Waals surface area contributed by atoms with E-state index in [4.69, 9.17) is 0 Å². The van der Waals surface area contributed by atoms with E-state index in [-0.39, 0.29) is 0 Å². The molecule has 3 rings (SSSR count). The Balaban J connectivity index is 2.04. The smallest absolute Gasteiger partial charge is 0.155 e. The lowest BCUT2D eigenvalue weighted by atomic mass is 9.85. The molecule has 118 valence electrons. The molecule has 0 radical (unpaired) electrons. The number of aliphatic hydroxyl groups is 1. The van der Waals surface area contributed by atoms with Crippen molar-refractivity contribution >= 4 is 0 Å². The van der Waals surface area contributed by atoms with E-state index in [9.17, 15) is 5.11 Å². The minimum Gasteiger partial charge on any atom is -0.373 e. The highest BCUT2D eigenvalue weighted by Crippen LogP contribution is 2.28. The molecule has 24 heavy (non-hydrogen) atoms. The molecule has 0 saturated heterocycles. The molecule has 0 bridgehead atoms. The van der Waals surface area contributed by atoms with Crippen LogP contribution in [0.4, 0.5) is 0 Å². The fourth-order valence-corrected chi connectivity index (χ4v) is 2.74. The third-order valence-electron chi connectivity index (χ3n) is 3.96. The van der Waals surface area contributed by atoms with Crippen molar-refractivity contribution in [2.75, 3.05) is 0 Å². The van der Waals surface area contributed by atoms with E-state index in [0.29, 0.717) is 12.1 Å². The molecule has 2 heteroatoms. The quantitative estimate of drug-likeness (QED) is 0.745. The van der Waals surface area contributed by atoms with Gasteiger partial charge in [-0.05, 0) is 41.7 Å². The zero-order valence-electron chi connectivity index (χ0n) is 13.6. The van der Waals surface area contributed by atoms with Crippen LogP contribution in [0, 0.1) is 18.8 Å². The summed E-state index contributed by atoms with van der Waals surface area (Å²) in [6, 6.07) is 23.3. The lowest BCUT2D eigenvalue weighted by molar-refractivity contribution is 0.1000. The second kappa shape index (κ2) is 7.12. The zero-order chi connectivity index (χ0) is 16.8. The van der Waals surface area contributed by atoms with Crippen molar-refractivity contribution in [1.82, 2.24) is 4.98 Å². The predicted molar refractivity (Wildman–Crippen MR) is 96.3 cm³/mol. The fourth-order valence-electron chi connectivity index (χ4n) is 2.74. The summed E-state index contributed by atoms with van der Waals surface area (Å²) in [5.74, 6) is 6.08. The molecular formula is C22H19NO. The van der Waals surface area contributed by atoms with Crippen LogP contribution in [-0.4, -0.2) is 10.1 Å². The Kier molecular flexibility index (Phi) is 4.74. The highest BCUT2D eigenvalue weighted by molar-refractivity contribution is 5.42. The van der Waals surface area contributed by atoms with Crippen molar-refractivity contribution in [2.45, 2.75) is 18.9 Å². The lowest BCUT2D eigenvalue weighted by Gasteiger charge is -2.25. The van der Waals surface area contributed by atoms with Crippen molar-refractivity contribution in [1.29, 1.82) is 0 Å². The molecule has 1 aromatic heterocycles. The molecule has 1 heterocycles. The largest absolute Gasteiger partial charge is 0.373 e. The molecule has 2 nitrogen and oxygen atoms in total. The number of hydrogen-bond acceptors (Lipinski definition) is 2. The Labute approximate surface area is 142 Å². The molecule has 0 aliphatic heterocycles. The van der Waals surface area contributed by atoms with Crippen LogP contribution in [0.15, 0.2) is 79.0 Å². The first kappa shape index (κ1) is 16.0. The van der Waals surface area contributed by atoms with Gasteiger partial charge in [0.15, 0.2) is 5.60 Å². The third-order valence-corrected chi connectivity index (χ3v) is 3.96. The first-order valence-electron chi connectivity index (χ1n) is 7.94. The highest BCUT2D eigenvalue weighted by Gasteiger charge is 2.28. The normalized spacial score (nSPS) is 12.8. The maximum atomic E-state index is 11.4. The summed E-state index contributed by atoms with van der Waals surface area (Å²) >= 11 is 0. The molecule has 1 unspecified atom stereocenters. The molecule has 0 amide bonds. The lowest BCUT2D eigenvalue weighted by Crippen LogP contribution is -2.27. The Morgan fingerprint density at radius 1 is 0.917 bits per heavy atom. The molecule has 1 atom stereocenters. The van der Waals surface area contributed by atoms with Crippen molar-refractivity contribution in [3.63, 3.8) is 0 Å². The number of hydrogen-bond donors (Lipinski definition) is 1. The predicted octanol–water partition coefficient (Wildman–Crippen LogP) is 3.87. The minimum atomic E-state index is -1.26. The van der Waals surface area contributed by atoms with Crippen LogP contribution in [0.2, 0.25) is 0 Å². The molecule has 0 spiro atoms. The van der Waals surface area contributed by atoms with Crippen molar-refractivity contribution in [3.8, 4) is 11.8 Å². The summed E-state index contributed by atoms with van der Waals surface area (Å²) in [5.41, 5.74) is 2.28. The number of benzene rings is 2. The van der Waals surface area contributed by atoms with E-state index in [1.807, 2.05) is 79.7 Å². The van der Waals surface area contributed by atoms with Crippen LogP contribution in [0.25, 0.3) is 0 Å². The zero-order valence-corrected chi connectivity index (χ0v) is 13.6. The highest BCUT2D eigenvalue weighted by atomic mass is 16.3. The maximum absolute atomic E-state index is 11.4. The van der Waals surface area contributed by atoms with E-state index in [1.165, 1.54) is 0 Å². The SMILES string of the molecule is Cc1ccccc1C(O)(C#Cc1ccccn1)Cc1ccccc1. The average Bonchev–Trinajstić information content (AvgIpc) is 2.62. The Morgan fingerprint density at radius 3 is 2.33 bits per heavy atom. The summed E-state index contributed by atoms with van der Waals surface area (Å²) in [4.78, 5) is 4.22. The van der Waals surface area contributed by atoms with Gasteiger partial charge in [-0.1, -0.05) is 66.6 Å². The number of rotatable bonds is 3. The van der Waals surface area contributed by atoms with Gasteiger partial charge in [-0.2, -0.15) is 0 Å². The summed E-state index contributed by atoms with van der Waals surface area (Å²) in [6.45, 7) is 1.99. The third kappa shape index (κ3) is 3.71. The molecule has 0 aliphatic carbocycles. The van der Waals surface area contributed by atoms with Gasteiger partial charge in [-0.3, -0.25) is 0 Å². The van der Waals surface area contributed by atoms with Crippen molar-refractivity contribution in [2.24, 2.45) is 0 Å². The number of nitrogens with zero attached hydrogens (tertiary/aromatic N) is 1. The van der Waals surface area contributed by atoms with Gasteiger partial charge >= 0.3 is 0 Å². The number of pyridine rings is 1. The van der Waals surface area contributed by atoms with Crippen LogP contribution >= 0.6 is 0 Å².